The summed E-state index contributed by atoms with van der Waals surface area (Å²) in [7, 11) is 0. The Hall–Kier alpha value is -1.66. The highest BCUT2D eigenvalue weighted by Gasteiger charge is 2.34. The van der Waals surface area contributed by atoms with Gasteiger partial charge < -0.3 is 9.47 Å². The predicted octanol–water partition coefficient (Wildman–Crippen LogP) is 5.31. The highest BCUT2D eigenvalue weighted by Crippen LogP contribution is 2.39. The van der Waals surface area contributed by atoms with Gasteiger partial charge in [-0.15, -0.1) is 0 Å². The molecule has 2 aromatic carbocycles. The molecule has 0 radical (unpaired) electrons. The Morgan fingerprint density at radius 1 is 1.20 bits per heavy atom. The maximum atomic E-state index is 11.6. The Balaban J connectivity index is 2.16. The van der Waals surface area contributed by atoms with Crippen LogP contribution in [0, 0.1) is 0 Å². The van der Waals surface area contributed by atoms with E-state index in [1.165, 1.54) is 6.92 Å². The first-order valence-electron chi connectivity index (χ1n) is 7.87. The standard InChI is InChI=1S/C19H17Br2NO3/c1-11-17(21)18(25-12(2)23)15-10-14(20)8-9-16(15)22-19(24-11)13-6-4-3-5-7-13/h3-11,17-18H,1-2H3/t11-,17-,18+/m1/s1. The minimum absolute atomic E-state index is 0.223. The van der Waals surface area contributed by atoms with Gasteiger partial charge in [0.1, 0.15) is 12.2 Å². The summed E-state index contributed by atoms with van der Waals surface area (Å²) in [5.74, 6) is 0.197. The van der Waals surface area contributed by atoms with Crippen LogP contribution in [-0.2, 0) is 14.3 Å². The van der Waals surface area contributed by atoms with E-state index in [4.69, 9.17) is 14.5 Å². The van der Waals surface area contributed by atoms with E-state index in [1.54, 1.807) is 0 Å². The van der Waals surface area contributed by atoms with E-state index in [-0.39, 0.29) is 16.9 Å². The van der Waals surface area contributed by atoms with Gasteiger partial charge in [0.2, 0.25) is 5.90 Å². The molecule has 0 bridgehead atoms. The molecule has 0 saturated carbocycles. The maximum absolute atomic E-state index is 11.6. The van der Waals surface area contributed by atoms with Crippen LogP contribution < -0.4 is 0 Å². The number of benzene rings is 2. The number of ether oxygens (including phenoxy) is 2. The summed E-state index contributed by atoms with van der Waals surface area (Å²) in [5.41, 5.74) is 2.44. The Morgan fingerprint density at radius 2 is 1.92 bits per heavy atom. The van der Waals surface area contributed by atoms with E-state index in [1.807, 2.05) is 55.5 Å². The molecule has 3 rings (SSSR count). The van der Waals surface area contributed by atoms with Crippen LogP contribution in [-0.4, -0.2) is 22.8 Å². The molecular formula is C19H17Br2NO3. The van der Waals surface area contributed by atoms with Gasteiger partial charge in [0, 0.05) is 22.5 Å². The molecule has 2 aromatic rings. The summed E-state index contributed by atoms with van der Waals surface area (Å²) in [6, 6.07) is 15.5. The van der Waals surface area contributed by atoms with Crippen molar-refractivity contribution >= 4 is 49.4 Å². The molecule has 0 N–H and O–H groups in total. The first-order chi connectivity index (χ1) is 12.0. The van der Waals surface area contributed by atoms with Crippen molar-refractivity contribution in [3.63, 3.8) is 0 Å². The van der Waals surface area contributed by atoms with Crippen molar-refractivity contribution in [3.8, 4) is 0 Å². The van der Waals surface area contributed by atoms with Gasteiger partial charge in [-0.2, -0.15) is 0 Å². The van der Waals surface area contributed by atoms with Crippen molar-refractivity contribution in [1.82, 2.24) is 0 Å². The molecule has 130 valence electrons. The van der Waals surface area contributed by atoms with Crippen molar-refractivity contribution < 1.29 is 14.3 Å². The number of rotatable bonds is 2. The molecule has 4 nitrogen and oxygen atoms in total. The van der Waals surface area contributed by atoms with Gasteiger partial charge in [0.25, 0.3) is 0 Å². The molecule has 1 heterocycles. The summed E-state index contributed by atoms with van der Waals surface area (Å²) in [5, 5.41) is 0. The Morgan fingerprint density at radius 3 is 2.60 bits per heavy atom. The van der Waals surface area contributed by atoms with E-state index in [0.717, 1.165) is 15.6 Å². The lowest BCUT2D eigenvalue weighted by Crippen LogP contribution is -2.33. The van der Waals surface area contributed by atoms with Gasteiger partial charge in [-0.05, 0) is 37.3 Å². The van der Waals surface area contributed by atoms with Crippen LogP contribution in [0.15, 0.2) is 58.0 Å². The number of esters is 1. The van der Waals surface area contributed by atoms with Crippen LogP contribution in [0.3, 0.4) is 0 Å². The van der Waals surface area contributed by atoms with Crippen LogP contribution in [0.4, 0.5) is 5.69 Å². The lowest BCUT2D eigenvalue weighted by molar-refractivity contribution is -0.147. The second kappa shape index (κ2) is 7.70. The van der Waals surface area contributed by atoms with Crippen molar-refractivity contribution in [2.24, 2.45) is 4.99 Å². The summed E-state index contributed by atoms with van der Waals surface area (Å²) in [6.07, 6.45) is -0.753. The molecule has 25 heavy (non-hydrogen) atoms. The first kappa shape index (κ1) is 18.1. The molecule has 0 spiro atoms. The summed E-state index contributed by atoms with van der Waals surface area (Å²) in [4.78, 5) is 16.1. The molecule has 0 aromatic heterocycles. The average Bonchev–Trinajstić information content (AvgIpc) is 2.59. The fourth-order valence-electron chi connectivity index (χ4n) is 2.67. The number of carbonyl (C=O) groups excluding carboxylic acids is 1. The van der Waals surface area contributed by atoms with Crippen molar-refractivity contribution in [3.05, 3.63) is 64.1 Å². The topological polar surface area (TPSA) is 47.9 Å². The van der Waals surface area contributed by atoms with Crippen LogP contribution in [0.5, 0.6) is 0 Å². The van der Waals surface area contributed by atoms with Gasteiger partial charge in [-0.25, -0.2) is 4.99 Å². The molecule has 1 aliphatic rings. The van der Waals surface area contributed by atoms with Crippen LogP contribution >= 0.6 is 31.9 Å². The summed E-state index contributed by atoms with van der Waals surface area (Å²) >= 11 is 7.14. The van der Waals surface area contributed by atoms with Gasteiger partial charge in [-0.3, -0.25) is 4.79 Å². The number of carbonyl (C=O) groups is 1. The molecule has 0 aliphatic carbocycles. The molecule has 3 atom stereocenters. The Kier molecular flexibility index (Phi) is 5.59. The number of halogens is 2. The zero-order chi connectivity index (χ0) is 18.0. The van der Waals surface area contributed by atoms with Crippen LogP contribution in [0.25, 0.3) is 0 Å². The predicted molar refractivity (Wildman–Crippen MR) is 105 cm³/mol. The van der Waals surface area contributed by atoms with Gasteiger partial charge >= 0.3 is 5.97 Å². The summed E-state index contributed by atoms with van der Waals surface area (Å²) < 4.78 is 12.6. The normalized spacial score (nSPS) is 22.7. The Bertz CT molecular complexity index is 808. The highest BCUT2D eigenvalue weighted by molar-refractivity contribution is 9.10. The highest BCUT2D eigenvalue weighted by atomic mass is 79.9. The van der Waals surface area contributed by atoms with Crippen molar-refractivity contribution in [1.29, 1.82) is 0 Å². The van der Waals surface area contributed by atoms with E-state index < -0.39 is 6.10 Å². The number of nitrogens with zero attached hydrogens (tertiary/aromatic N) is 1. The van der Waals surface area contributed by atoms with E-state index in [2.05, 4.69) is 31.9 Å². The lowest BCUT2D eigenvalue weighted by Gasteiger charge is -2.31. The quantitative estimate of drug-likeness (QED) is 0.444. The van der Waals surface area contributed by atoms with Gasteiger partial charge in [-0.1, -0.05) is 50.1 Å². The fraction of sp³-hybridized carbons (Fsp3) is 0.263. The third kappa shape index (κ3) is 4.12. The number of fused-ring (bicyclic) bond motifs is 1. The van der Waals surface area contributed by atoms with E-state index in [0.29, 0.717) is 11.6 Å². The monoisotopic (exact) mass is 465 g/mol. The number of alkyl halides is 1. The number of hydrogen-bond donors (Lipinski definition) is 0. The number of hydrogen-bond acceptors (Lipinski definition) is 4. The minimum atomic E-state index is -0.499. The first-order valence-corrected chi connectivity index (χ1v) is 9.58. The molecule has 0 unspecified atom stereocenters. The third-order valence-corrected chi connectivity index (χ3v) is 5.58. The molecule has 0 fully saturated rings. The van der Waals surface area contributed by atoms with Crippen LogP contribution in [0.1, 0.15) is 31.1 Å². The average molecular weight is 467 g/mol. The van der Waals surface area contributed by atoms with Crippen molar-refractivity contribution in [2.75, 3.05) is 0 Å². The fourth-order valence-corrected chi connectivity index (χ4v) is 3.55. The Labute approximate surface area is 163 Å². The minimum Gasteiger partial charge on any atom is -0.473 e. The second-order valence-corrected chi connectivity index (χ2v) is 7.76. The molecule has 6 heteroatoms. The molecule has 0 amide bonds. The SMILES string of the molecule is CC(=O)O[C@H]1c2cc(Br)ccc2N=C(c2ccccc2)O[C@H](C)[C@H]1Br. The van der Waals surface area contributed by atoms with Gasteiger partial charge in [0.15, 0.2) is 0 Å². The second-order valence-electron chi connectivity index (χ2n) is 5.78. The smallest absolute Gasteiger partial charge is 0.303 e. The number of aliphatic imine (C=N–C) groups is 1. The molecular weight excluding hydrogens is 450 g/mol. The van der Waals surface area contributed by atoms with Crippen LogP contribution in [0.2, 0.25) is 0 Å². The largest absolute Gasteiger partial charge is 0.473 e. The van der Waals surface area contributed by atoms with Gasteiger partial charge in [0.05, 0.1) is 10.5 Å². The van der Waals surface area contributed by atoms with E-state index >= 15 is 0 Å². The van der Waals surface area contributed by atoms with Crippen molar-refractivity contribution in [2.45, 2.75) is 30.9 Å². The molecule has 1 aliphatic heterocycles. The third-order valence-electron chi connectivity index (χ3n) is 3.87. The zero-order valence-electron chi connectivity index (χ0n) is 13.8. The maximum Gasteiger partial charge on any atom is 0.303 e. The molecule has 0 saturated heterocycles. The zero-order valence-corrected chi connectivity index (χ0v) is 17.0. The summed E-state index contributed by atoms with van der Waals surface area (Å²) in [6.45, 7) is 3.33. The van der Waals surface area contributed by atoms with E-state index in [9.17, 15) is 4.79 Å². The lowest BCUT2D eigenvalue weighted by atomic mass is 10.0.